The molecule has 0 radical (unpaired) electrons. The predicted molar refractivity (Wildman–Crippen MR) is 120 cm³/mol. The van der Waals surface area contributed by atoms with Crippen molar-refractivity contribution in [2.45, 2.75) is 37.9 Å². The van der Waals surface area contributed by atoms with Crippen molar-refractivity contribution in [3.8, 4) is 5.75 Å². The van der Waals surface area contributed by atoms with Gasteiger partial charge in [-0.2, -0.15) is 0 Å². The number of aliphatic hydroxyl groups excluding tert-OH is 1. The summed E-state index contributed by atoms with van der Waals surface area (Å²) in [5.41, 5.74) is 2.89. The first-order valence-corrected chi connectivity index (χ1v) is 9.51. The van der Waals surface area contributed by atoms with Gasteiger partial charge in [0.15, 0.2) is 0 Å². The van der Waals surface area contributed by atoms with Crippen molar-refractivity contribution in [1.82, 2.24) is 5.32 Å². The molecule has 2 aromatic carbocycles. The fraction of sp³-hybridized carbons (Fsp3) is 0.381. The van der Waals surface area contributed by atoms with Gasteiger partial charge in [0.25, 0.3) is 0 Å². The molecule has 1 aliphatic rings. The smallest absolute Gasteiger partial charge is 0.550 e. The van der Waals surface area contributed by atoms with E-state index < -0.39 is 12.1 Å². The van der Waals surface area contributed by atoms with Crippen LogP contribution in [0.2, 0.25) is 5.02 Å². The summed E-state index contributed by atoms with van der Waals surface area (Å²) in [5, 5.41) is 24.7. The molecule has 10 nitrogen and oxygen atoms in total. The van der Waals surface area contributed by atoms with Gasteiger partial charge in [-0.05, 0) is 60.6 Å². The van der Waals surface area contributed by atoms with Crippen LogP contribution in [0, 0.1) is 0 Å². The van der Waals surface area contributed by atoms with Gasteiger partial charge in [0.05, 0.1) is 6.10 Å². The predicted octanol–water partition coefficient (Wildman–Crippen LogP) is -5.08. The van der Waals surface area contributed by atoms with Crippen molar-refractivity contribution in [1.29, 1.82) is 0 Å². The van der Waals surface area contributed by atoms with E-state index in [4.69, 9.17) is 16.3 Å². The maximum absolute atomic E-state index is 10.6. The number of nitrogens with one attached hydrogen (secondary N) is 1. The van der Waals surface area contributed by atoms with Crippen molar-refractivity contribution in [2.75, 3.05) is 13.1 Å². The summed E-state index contributed by atoms with van der Waals surface area (Å²) >= 11 is 5.96. The fourth-order valence-corrected chi connectivity index (χ4v) is 3.46. The summed E-state index contributed by atoms with van der Waals surface area (Å²) < 4.78 is 6.03. The SMILES string of the molecule is O.O.O.O.O.O=C([O-])CCc1ccc2c(c1)CCC(CNC[C@H](O)c1cccc(Cl)c1)O2.[Na+]. The number of ether oxygens (including phenoxy) is 1. The minimum Gasteiger partial charge on any atom is -0.550 e. The number of carbonyl (C=O) groups excluding carboxylic acids is 1. The molecule has 12 heteroatoms. The Kier molecular flexibility index (Phi) is 22.5. The summed E-state index contributed by atoms with van der Waals surface area (Å²) in [5.74, 6) is -0.185. The zero-order valence-electron chi connectivity index (χ0n) is 18.5. The minimum absolute atomic E-state index is 0. The van der Waals surface area contributed by atoms with Crippen LogP contribution >= 0.6 is 11.6 Å². The van der Waals surface area contributed by atoms with Gasteiger partial charge in [0, 0.05) is 24.1 Å². The molecule has 0 bridgehead atoms. The molecule has 0 fully saturated rings. The van der Waals surface area contributed by atoms with Gasteiger partial charge < -0.3 is 52.4 Å². The number of fused-ring (bicyclic) bond motifs is 1. The molecule has 0 aromatic heterocycles. The summed E-state index contributed by atoms with van der Waals surface area (Å²) in [4.78, 5) is 10.6. The van der Waals surface area contributed by atoms with Crippen LogP contribution in [0.1, 0.15) is 35.6 Å². The second kappa shape index (κ2) is 19.1. The van der Waals surface area contributed by atoms with E-state index in [0.29, 0.717) is 24.5 Å². The zero-order valence-corrected chi connectivity index (χ0v) is 21.2. The number of aliphatic carboxylic acids is 1. The Labute approximate surface area is 219 Å². The molecule has 2 aromatic rings. The van der Waals surface area contributed by atoms with Crippen molar-refractivity contribution in [3.05, 3.63) is 64.2 Å². The third-order valence-electron chi connectivity index (χ3n) is 4.72. The van der Waals surface area contributed by atoms with E-state index in [-0.39, 0.29) is 69.5 Å². The van der Waals surface area contributed by atoms with Crippen LogP contribution in [0.5, 0.6) is 5.75 Å². The number of benzene rings is 2. The first-order chi connectivity index (χ1) is 13.0. The van der Waals surface area contributed by atoms with Crippen LogP contribution < -0.4 is 44.7 Å². The second-order valence-electron chi connectivity index (χ2n) is 6.82. The molecule has 0 aliphatic carbocycles. The largest absolute Gasteiger partial charge is 1.00 e. The van der Waals surface area contributed by atoms with E-state index >= 15 is 0 Å². The molecule has 0 amide bonds. The Morgan fingerprint density at radius 2 is 1.85 bits per heavy atom. The fourth-order valence-electron chi connectivity index (χ4n) is 3.26. The average Bonchev–Trinajstić information content (AvgIpc) is 2.66. The maximum atomic E-state index is 10.6. The van der Waals surface area contributed by atoms with E-state index in [1.807, 2.05) is 30.3 Å². The van der Waals surface area contributed by atoms with Gasteiger partial charge in [-0.15, -0.1) is 0 Å². The van der Waals surface area contributed by atoms with Crippen molar-refractivity contribution in [3.63, 3.8) is 0 Å². The zero-order chi connectivity index (χ0) is 19.2. The molecular weight excluding hydrogens is 469 g/mol. The monoisotopic (exact) mass is 501 g/mol. The van der Waals surface area contributed by atoms with Crippen LogP contribution in [-0.4, -0.2) is 57.7 Å². The summed E-state index contributed by atoms with van der Waals surface area (Å²) in [6.07, 6.45) is 1.68. The molecule has 33 heavy (non-hydrogen) atoms. The van der Waals surface area contributed by atoms with Gasteiger partial charge in [0.2, 0.25) is 0 Å². The van der Waals surface area contributed by atoms with E-state index in [2.05, 4.69) is 5.32 Å². The Balaban J connectivity index is -0.000000701. The Hall–Kier alpha value is -1.28. The van der Waals surface area contributed by atoms with Crippen molar-refractivity contribution in [2.24, 2.45) is 0 Å². The minimum atomic E-state index is -1.03. The number of hydrogen-bond donors (Lipinski definition) is 2. The molecule has 0 saturated heterocycles. The van der Waals surface area contributed by atoms with Crippen LogP contribution in [0.15, 0.2) is 42.5 Å². The van der Waals surface area contributed by atoms with E-state index in [0.717, 1.165) is 35.3 Å². The third-order valence-corrected chi connectivity index (χ3v) is 4.95. The summed E-state index contributed by atoms with van der Waals surface area (Å²) in [6, 6.07) is 13.0. The van der Waals surface area contributed by atoms with E-state index in [1.54, 1.807) is 12.1 Å². The molecule has 0 saturated carbocycles. The number of carbonyl (C=O) groups is 1. The van der Waals surface area contributed by atoms with Gasteiger partial charge in [-0.25, -0.2) is 0 Å². The molecule has 1 aliphatic heterocycles. The van der Waals surface area contributed by atoms with Crippen molar-refractivity contribution >= 4 is 17.6 Å². The topological polar surface area (TPSA) is 239 Å². The van der Waals surface area contributed by atoms with Crippen LogP contribution in [0.3, 0.4) is 0 Å². The first-order valence-electron chi connectivity index (χ1n) is 9.14. The molecule has 12 N–H and O–H groups in total. The number of carboxylic acid groups (broad SMARTS) is 1. The molecule has 1 heterocycles. The second-order valence-corrected chi connectivity index (χ2v) is 7.26. The Morgan fingerprint density at radius 1 is 1.15 bits per heavy atom. The van der Waals surface area contributed by atoms with Crippen molar-refractivity contribution < 1.29 is 76.7 Å². The number of halogens is 1. The van der Waals surface area contributed by atoms with Crippen LogP contribution in [0.25, 0.3) is 0 Å². The number of hydrogen-bond acceptors (Lipinski definition) is 5. The van der Waals surface area contributed by atoms with Gasteiger partial charge in [0.1, 0.15) is 11.9 Å². The summed E-state index contributed by atoms with van der Waals surface area (Å²) in [6.45, 7) is 1.07. The van der Waals surface area contributed by atoms with Crippen LogP contribution in [0.4, 0.5) is 0 Å². The quantitative estimate of drug-likeness (QED) is 0.336. The van der Waals surface area contributed by atoms with Gasteiger partial charge in [-0.1, -0.05) is 35.9 Å². The molecule has 184 valence electrons. The first kappa shape index (κ1) is 39.0. The number of carboxylic acids is 1. The number of aliphatic hydroxyl groups is 1. The van der Waals surface area contributed by atoms with Gasteiger partial charge >= 0.3 is 29.6 Å². The Morgan fingerprint density at radius 3 is 2.48 bits per heavy atom. The molecule has 3 rings (SSSR count). The number of rotatable bonds is 8. The van der Waals surface area contributed by atoms with Crippen LogP contribution in [-0.2, 0) is 17.6 Å². The van der Waals surface area contributed by atoms with Gasteiger partial charge in [-0.3, -0.25) is 0 Å². The Bertz CT molecular complexity index is 813. The third kappa shape index (κ3) is 12.1. The average molecular weight is 502 g/mol. The van der Waals surface area contributed by atoms with E-state index in [1.165, 1.54) is 0 Å². The normalized spacial score (nSPS) is 13.9. The molecule has 0 spiro atoms. The molecule has 1 unspecified atom stereocenters. The maximum Gasteiger partial charge on any atom is 1.00 e. The standard InChI is InChI=1S/C21H24ClNO4.Na.5H2O/c22-17-3-1-2-15(11-17)19(24)13-23-12-18-7-6-16-10-14(5-9-21(25)26)4-8-20(16)27-18;;;;;;/h1-4,8,10-11,18-19,23-24H,5-7,9,12-13H2,(H,25,26);;5*1H2/q;+1;;;;;/p-1/t18?,19-;;;;;;/m0....../s1. The molecular formula is C21H33ClNNaO9. The summed E-state index contributed by atoms with van der Waals surface area (Å²) in [7, 11) is 0. The number of aryl methyl sites for hydroxylation is 2. The van der Waals surface area contributed by atoms with E-state index in [9.17, 15) is 15.0 Å². The molecule has 2 atom stereocenters.